The molecule has 0 atom stereocenters. The minimum Gasteiger partial charge on any atom is -0.496 e. The molecule has 0 spiro atoms. The van der Waals surface area contributed by atoms with Crippen LogP contribution < -0.4 is 9.47 Å². The quantitative estimate of drug-likeness (QED) is 0.865. The van der Waals surface area contributed by atoms with Crippen molar-refractivity contribution in [3.8, 4) is 11.5 Å². The summed E-state index contributed by atoms with van der Waals surface area (Å²) in [6.45, 7) is 7.99. The van der Waals surface area contributed by atoms with Crippen LogP contribution in [0.1, 0.15) is 51.2 Å². The van der Waals surface area contributed by atoms with E-state index >= 15 is 0 Å². The Morgan fingerprint density at radius 3 is 2.15 bits per heavy atom. The zero-order valence-corrected chi connectivity index (χ0v) is 13.1. The van der Waals surface area contributed by atoms with Gasteiger partial charge in [-0.2, -0.15) is 0 Å². The molecule has 0 saturated carbocycles. The van der Waals surface area contributed by atoms with E-state index in [2.05, 4.69) is 13.8 Å². The van der Waals surface area contributed by atoms with Crippen LogP contribution in [-0.4, -0.2) is 25.3 Å². The lowest BCUT2D eigenvalue weighted by Crippen LogP contribution is -2.23. The van der Waals surface area contributed by atoms with Gasteiger partial charge in [-0.1, -0.05) is 27.7 Å². The van der Waals surface area contributed by atoms with E-state index in [0.29, 0.717) is 5.75 Å². The molecule has 0 heterocycles. The number of benzene rings is 1. The molecule has 0 unspecified atom stereocenters. The van der Waals surface area contributed by atoms with Gasteiger partial charge in [0.05, 0.1) is 20.6 Å². The molecule has 0 saturated heterocycles. The van der Waals surface area contributed by atoms with Gasteiger partial charge in [0.2, 0.25) is 0 Å². The van der Waals surface area contributed by atoms with Gasteiger partial charge in [0.1, 0.15) is 11.5 Å². The van der Waals surface area contributed by atoms with Crippen molar-refractivity contribution in [3.63, 3.8) is 0 Å². The molecule has 1 N–H and O–H groups in total. The maximum Gasteiger partial charge on any atom is 0.304 e. The van der Waals surface area contributed by atoms with Gasteiger partial charge >= 0.3 is 5.97 Å². The third-order valence-electron chi connectivity index (χ3n) is 3.50. The maximum absolute atomic E-state index is 11.1. The summed E-state index contributed by atoms with van der Waals surface area (Å²) in [5.74, 6) is 0.901. The van der Waals surface area contributed by atoms with Crippen molar-refractivity contribution in [2.75, 3.05) is 14.2 Å². The van der Waals surface area contributed by atoms with Crippen LogP contribution in [0.2, 0.25) is 0 Å². The van der Waals surface area contributed by atoms with Gasteiger partial charge in [0, 0.05) is 17.0 Å². The van der Waals surface area contributed by atoms with Crippen molar-refractivity contribution in [1.29, 1.82) is 0 Å². The van der Waals surface area contributed by atoms with Crippen LogP contribution in [0, 0.1) is 0 Å². The highest BCUT2D eigenvalue weighted by Gasteiger charge is 2.29. The smallest absolute Gasteiger partial charge is 0.304 e. The number of carboxylic acids is 1. The summed E-state index contributed by atoms with van der Waals surface area (Å²) < 4.78 is 10.8. The molecule has 0 aliphatic rings. The molecule has 0 radical (unpaired) electrons. The average Bonchev–Trinajstić information content (AvgIpc) is 2.35. The summed E-state index contributed by atoms with van der Waals surface area (Å²) in [6, 6.07) is 3.85. The van der Waals surface area contributed by atoms with Gasteiger partial charge in [0.25, 0.3) is 0 Å². The Balaban J connectivity index is 3.44. The van der Waals surface area contributed by atoms with Crippen molar-refractivity contribution < 1.29 is 19.4 Å². The SMILES string of the molecule is COc1cc(OC)c(C(C)(C)CC(=O)O)cc1C(C)C. The first-order valence-electron chi connectivity index (χ1n) is 6.71. The van der Waals surface area contributed by atoms with E-state index in [9.17, 15) is 4.79 Å². The second-order valence-corrected chi connectivity index (χ2v) is 5.90. The lowest BCUT2D eigenvalue weighted by Gasteiger charge is -2.27. The zero-order chi connectivity index (χ0) is 15.5. The van der Waals surface area contributed by atoms with Crippen molar-refractivity contribution in [3.05, 3.63) is 23.3 Å². The normalized spacial score (nSPS) is 11.6. The first-order chi connectivity index (χ1) is 9.22. The lowest BCUT2D eigenvalue weighted by atomic mass is 9.79. The summed E-state index contributed by atoms with van der Waals surface area (Å²) in [5.41, 5.74) is 1.45. The third-order valence-corrected chi connectivity index (χ3v) is 3.50. The molecule has 0 aromatic heterocycles. The van der Waals surface area contributed by atoms with Gasteiger partial charge in [-0.25, -0.2) is 0 Å². The Bertz CT molecular complexity index is 489. The molecule has 0 fully saturated rings. The van der Waals surface area contributed by atoms with Crippen LogP contribution in [0.3, 0.4) is 0 Å². The van der Waals surface area contributed by atoms with E-state index in [4.69, 9.17) is 14.6 Å². The summed E-state index contributed by atoms with van der Waals surface area (Å²) in [6.07, 6.45) is 0.0488. The minimum absolute atomic E-state index is 0.0488. The van der Waals surface area contributed by atoms with Gasteiger partial charge in [-0.15, -0.1) is 0 Å². The van der Waals surface area contributed by atoms with Crippen LogP contribution in [-0.2, 0) is 10.2 Å². The van der Waals surface area contributed by atoms with Gasteiger partial charge in [0.15, 0.2) is 0 Å². The van der Waals surface area contributed by atoms with Crippen molar-refractivity contribution in [2.24, 2.45) is 0 Å². The number of methoxy groups -OCH3 is 2. The number of aliphatic carboxylic acids is 1. The monoisotopic (exact) mass is 280 g/mol. The number of hydrogen-bond donors (Lipinski definition) is 1. The molecule has 20 heavy (non-hydrogen) atoms. The molecule has 112 valence electrons. The highest BCUT2D eigenvalue weighted by atomic mass is 16.5. The number of carboxylic acid groups (broad SMARTS) is 1. The molecule has 1 aromatic rings. The van der Waals surface area contributed by atoms with Gasteiger partial charge in [-0.05, 0) is 17.5 Å². The summed E-state index contributed by atoms with van der Waals surface area (Å²) in [4.78, 5) is 11.1. The number of ether oxygens (including phenoxy) is 2. The Morgan fingerprint density at radius 2 is 1.75 bits per heavy atom. The fraction of sp³-hybridized carbons (Fsp3) is 0.562. The lowest BCUT2D eigenvalue weighted by molar-refractivity contribution is -0.138. The molecule has 0 bridgehead atoms. The van der Waals surface area contributed by atoms with Crippen molar-refractivity contribution in [1.82, 2.24) is 0 Å². The fourth-order valence-electron chi connectivity index (χ4n) is 2.38. The van der Waals surface area contributed by atoms with Crippen LogP contribution in [0.5, 0.6) is 11.5 Å². The average molecular weight is 280 g/mol. The predicted molar refractivity (Wildman–Crippen MR) is 78.9 cm³/mol. The number of rotatable bonds is 6. The predicted octanol–water partition coefficient (Wildman–Crippen LogP) is 3.58. The fourth-order valence-corrected chi connectivity index (χ4v) is 2.38. The zero-order valence-electron chi connectivity index (χ0n) is 13.1. The largest absolute Gasteiger partial charge is 0.496 e. The van der Waals surface area contributed by atoms with Crippen LogP contribution in [0.15, 0.2) is 12.1 Å². The molecule has 4 nitrogen and oxygen atoms in total. The highest BCUT2D eigenvalue weighted by Crippen LogP contribution is 2.40. The molecule has 0 aliphatic carbocycles. The van der Waals surface area contributed by atoms with Crippen molar-refractivity contribution >= 4 is 5.97 Å². The standard InChI is InChI=1S/C16H24O4/c1-10(2)11-7-12(16(3,4)9-15(17)18)14(20-6)8-13(11)19-5/h7-8,10H,9H2,1-6H3,(H,17,18). The van der Waals surface area contributed by atoms with Crippen LogP contribution in [0.25, 0.3) is 0 Å². The first kappa shape index (κ1) is 16.3. The topological polar surface area (TPSA) is 55.8 Å². The Hall–Kier alpha value is -1.71. The third kappa shape index (κ3) is 3.44. The number of carbonyl (C=O) groups is 1. The molecule has 0 aliphatic heterocycles. The highest BCUT2D eigenvalue weighted by molar-refractivity contribution is 5.69. The molecular weight excluding hydrogens is 256 g/mol. The maximum atomic E-state index is 11.1. The summed E-state index contributed by atoms with van der Waals surface area (Å²) in [7, 11) is 3.22. The van der Waals surface area contributed by atoms with E-state index in [1.165, 1.54) is 0 Å². The Morgan fingerprint density at radius 1 is 1.20 bits per heavy atom. The Kier molecular flexibility index (Phi) is 5.03. The summed E-state index contributed by atoms with van der Waals surface area (Å²) >= 11 is 0. The second kappa shape index (κ2) is 6.16. The van der Waals surface area contributed by atoms with Crippen LogP contribution >= 0.6 is 0 Å². The van der Waals surface area contributed by atoms with E-state index < -0.39 is 11.4 Å². The first-order valence-corrected chi connectivity index (χ1v) is 6.71. The van der Waals surface area contributed by atoms with E-state index in [0.717, 1.165) is 16.9 Å². The minimum atomic E-state index is -0.820. The van der Waals surface area contributed by atoms with E-state index in [1.54, 1.807) is 14.2 Å². The molecule has 1 aromatic carbocycles. The molecule has 4 heteroatoms. The van der Waals surface area contributed by atoms with E-state index in [-0.39, 0.29) is 12.3 Å². The van der Waals surface area contributed by atoms with Gasteiger partial charge in [-0.3, -0.25) is 4.79 Å². The van der Waals surface area contributed by atoms with Crippen LogP contribution in [0.4, 0.5) is 0 Å². The van der Waals surface area contributed by atoms with E-state index in [1.807, 2.05) is 26.0 Å². The summed E-state index contributed by atoms with van der Waals surface area (Å²) in [5, 5.41) is 9.09. The molecular formula is C16H24O4. The second-order valence-electron chi connectivity index (χ2n) is 5.90. The Labute approximate surface area is 120 Å². The van der Waals surface area contributed by atoms with Gasteiger partial charge < -0.3 is 14.6 Å². The molecule has 1 rings (SSSR count). The van der Waals surface area contributed by atoms with Crippen molar-refractivity contribution in [2.45, 2.75) is 45.4 Å². The molecule has 0 amide bonds. The number of hydrogen-bond acceptors (Lipinski definition) is 3.